The van der Waals surface area contributed by atoms with Crippen molar-refractivity contribution in [2.24, 2.45) is 0 Å². The molecule has 30 heavy (non-hydrogen) atoms. The maximum Gasteiger partial charge on any atom is 0.232 e. The van der Waals surface area contributed by atoms with Gasteiger partial charge >= 0.3 is 0 Å². The first kappa shape index (κ1) is 21.4. The third-order valence-electron chi connectivity index (χ3n) is 4.95. The normalized spacial score (nSPS) is 11.7. The molecule has 1 amide bonds. The van der Waals surface area contributed by atoms with Crippen LogP contribution in [0, 0.1) is 0 Å². The lowest BCUT2D eigenvalue weighted by Crippen LogP contribution is -2.32. The van der Waals surface area contributed by atoms with Gasteiger partial charge in [-0.1, -0.05) is 66.7 Å². The highest BCUT2D eigenvalue weighted by molar-refractivity contribution is 5.87. The van der Waals surface area contributed by atoms with E-state index in [-0.39, 0.29) is 17.9 Å². The summed E-state index contributed by atoms with van der Waals surface area (Å²) in [5, 5.41) is 3.18. The van der Waals surface area contributed by atoms with E-state index in [1.807, 2.05) is 99.6 Å². The third-order valence-corrected chi connectivity index (χ3v) is 4.95. The van der Waals surface area contributed by atoms with Gasteiger partial charge in [0.2, 0.25) is 5.91 Å². The van der Waals surface area contributed by atoms with Gasteiger partial charge in [-0.05, 0) is 49.6 Å². The van der Waals surface area contributed by atoms with Crippen molar-refractivity contribution >= 4 is 5.91 Å². The van der Waals surface area contributed by atoms with Crippen molar-refractivity contribution in [1.29, 1.82) is 0 Å². The van der Waals surface area contributed by atoms with Gasteiger partial charge < -0.3 is 14.8 Å². The van der Waals surface area contributed by atoms with Crippen molar-refractivity contribution in [2.45, 2.75) is 32.7 Å². The predicted molar refractivity (Wildman–Crippen MR) is 120 cm³/mol. The van der Waals surface area contributed by atoms with Gasteiger partial charge in [0.15, 0.2) is 11.5 Å². The van der Waals surface area contributed by atoms with E-state index in [9.17, 15) is 4.79 Å². The van der Waals surface area contributed by atoms with Gasteiger partial charge in [-0.2, -0.15) is 0 Å². The Balaban J connectivity index is 1.84. The van der Waals surface area contributed by atoms with Gasteiger partial charge in [-0.25, -0.2) is 0 Å². The van der Waals surface area contributed by atoms with Crippen LogP contribution in [-0.2, 0) is 4.79 Å². The molecule has 1 N–H and O–H groups in total. The molecule has 156 valence electrons. The van der Waals surface area contributed by atoms with Gasteiger partial charge in [0, 0.05) is 0 Å². The molecule has 0 aliphatic heterocycles. The second-order valence-corrected chi connectivity index (χ2v) is 7.06. The number of amides is 1. The lowest BCUT2D eigenvalue weighted by Gasteiger charge is -2.22. The summed E-state index contributed by atoms with van der Waals surface area (Å²) >= 11 is 0. The van der Waals surface area contributed by atoms with Crippen LogP contribution < -0.4 is 14.8 Å². The monoisotopic (exact) mass is 403 g/mol. The molecular formula is C26H29NO3. The Morgan fingerprint density at radius 1 is 0.767 bits per heavy atom. The van der Waals surface area contributed by atoms with E-state index < -0.39 is 0 Å². The summed E-state index contributed by atoms with van der Waals surface area (Å²) in [7, 11) is 0. The molecule has 4 nitrogen and oxygen atoms in total. The van der Waals surface area contributed by atoms with E-state index >= 15 is 0 Å². The second kappa shape index (κ2) is 10.5. The highest BCUT2D eigenvalue weighted by Gasteiger charge is 2.24. The minimum Gasteiger partial charge on any atom is -0.490 e. The van der Waals surface area contributed by atoms with Gasteiger partial charge in [-0.15, -0.1) is 0 Å². The zero-order chi connectivity index (χ0) is 21.3. The van der Waals surface area contributed by atoms with Crippen LogP contribution in [0.4, 0.5) is 0 Å². The summed E-state index contributed by atoms with van der Waals surface area (Å²) in [5.41, 5.74) is 2.90. The largest absolute Gasteiger partial charge is 0.490 e. The first-order valence-electron chi connectivity index (χ1n) is 10.4. The zero-order valence-electron chi connectivity index (χ0n) is 17.8. The van der Waals surface area contributed by atoms with Crippen LogP contribution in [0.2, 0.25) is 0 Å². The molecule has 0 spiro atoms. The van der Waals surface area contributed by atoms with E-state index in [2.05, 4.69) is 5.32 Å². The number of hydrogen-bond acceptors (Lipinski definition) is 3. The summed E-state index contributed by atoms with van der Waals surface area (Å²) in [6.07, 6.45) is 0. The molecule has 0 aliphatic rings. The number of benzene rings is 3. The zero-order valence-corrected chi connectivity index (χ0v) is 17.8. The number of hydrogen-bond donors (Lipinski definition) is 1. The number of carbonyl (C=O) groups excluding carboxylic acids is 1. The Kier molecular flexibility index (Phi) is 7.50. The fourth-order valence-corrected chi connectivity index (χ4v) is 3.50. The quantitative estimate of drug-likeness (QED) is 0.514. The number of nitrogens with one attached hydrogen (secondary N) is 1. The Labute approximate surface area is 178 Å². The molecule has 3 aromatic carbocycles. The van der Waals surface area contributed by atoms with Crippen LogP contribution in [0.5, 0.6) is 11.5 Å². The van der Waals surface area contributed by atoms with E-state index in [0.29, 0.717) is 24.7 Å². The number of rotatable bonds is 9. The van der Waals surface area contributed by atoms with Gasteiger partial charge in [0.25, 0.3) is 0 Å². The van der Waals surface area contributed by atoms with Crippen LogP contribution in [-0.4, -0.2) is 19.1 Å². The van der Waals surface area contributed by atoms with Crippen molar-refractivity contribution in [1.82, 2.24) is 5.32 Å². The molecule has 3 rings (SSSR count). The number of ether oxygens (including phenoxy) is 2. The summed E-state index contributed by atoms with van der Waals surface area (Å²) in [6.45, 7) is 6.99. The summed E-state index contributed by atoms with van der Waals surface area (Å²) in [4.78, 5) is 13.3. The van der Waals surface area contributed by atoms with Crippen LogP contribution in [0.25, 0.3) is 0 Å². The average molecular weight is 404 g/mol. The number of carbonyl (C=O) groups is 1. The Morgan fingerprint density at radius 2 is 1.30 bits per heavy atom. The predicted octanol–water partition coefficient (Wildman–Crippen LogP) is 5.49. The van der Waals surface area contributed by atoms with Crippen molar-refractivity contribution in [2.75, 3.05) is 13.2 Å². The molecule has 0 saturated carbocycles. The highest BCUT2D eigenvalue weighted by Crippen LogP contribution is 2.31. The minimum absolute atomic E-state index is 0.0354. The lowest BCUT2D eigenvalue weighted by atomic mass is 9.90. The minimum atomic E-state index is -0.371. The molecule has 0 unspecified atom stereocenters. The lowest BCUT2D eigenvalue weighted by molar-refractivity contribution is -0.122. The van der Waals surface area contributed by atoms with Crippen LogP contribution in [0.3, 0.4) is 0 Å². The maximum atomic E-state index is 13.3. The van der Waals surface area contributed by atoms with E-state index in [1.54, 1.807) is 0 Å². The SMILES string of the molecule is CCOc1ccc([C@@H](C)NC(=O)C(c2ccccc2)c2ccccc2)cc1OCC. The van der Waals surface area contributed by atoms with Crippen LogP contribution in [0.1, 0.15) is 49.4 Å². The van der Waals surface area contributed by atoms with Crippen molar-refractivity contribution in [3.05, 3.63) is 95.6 Å². The van der Waals surface area contributed by atoms with Crippen LogP contribution in [0.15, 0.2) is 78.9 Å². The summed E-state index contributed by atoms with van der Waals surface area (Å²) in [5.74, 6) is 1.00. The van der Waals surface area contributed by atoms with Crippen molar-refractivity contribution < 1.29 is 14.3 Å². The molecule has 0 bridgehead atoms. The molecule has 4 heteroatoms. The maximum absolute atomic E-state index is 13.3. The highest BCUT2D eigenvalue weighted by atomic mass is 16.5. The fourth-order valence-electron chi connectivity index (χ4n) is 3.50. The smallest absolute Gasteiger partial charge is 0.232 e. The van der Waals surface area contributed by atoms with Crippen molar-refractivity contribution in [3.63, 3.8) is 0 Å². The first-order chi connectivity index (χ1) is 14.6. The molecule has 0 saturated heterocycles. The van der Waals surface area contributed by atoms with E-state index in [1.165, 1.54) is 0 Å². The van der Waals surface area contributed by atoms with E-state index in [4.69, 9.17) is 9.47 Å². The average Bonchev–Trinajstić information content (AvgIpc) is 2.77. The fraction of sp³-hybridized carbons (Fsp3) is 0.269. The van der Waals surface area contributed by atoms with Gasteiger partial charge in [-0.3, -0.25) is 4.79 Å². The first-order valence-corrected chi connectivity index (χ1v) is 10.4. The van der Waals surface area contributed by atoms with Gasteiger partial charge in [0.05, 0.1) is 25.2 Å². The molecule has 0 radical (unpaired) electrons. The molecule has 0 fully saturated rings. The van der Waals surface area contributed by atoms with Crippen LogP contribution >= 0.6 is 0 Å². The molecule has 1 atom stereocenters. The Hall–Kier alpha value is -3.27. The Bertz CT molecular complexity index is 902. The molecule has 0 heterocycles. The molecule has 0 aromatic heterocycles. The third kappa shape index (κ3) is 5.20. The molecule has 0 aliphatic carbocycles. The van der Waals surface area contributed by atoms with Crippen molar-refractivity contribution in [3.8, 4) is 11.5 Å². The summed E-state index contributed by atoms with van der Waals surface area (Å²) < 4.78 is 11.4. The molecule has 3 aromatic rings. The van der Waals surface area contributed by atoms with Gasteiger partial charge in [0.1, 0.15) is 0 Å². The van der Waals surface area contributed by atoms with E-state index in [0.717, 1.165) is 16.7 Å². The standard InChI is InChI=1S/C26H29NO3/c1-4-29-23-17-16-22(18-24(23)30-5-2)19(3)27-26(28)25(20-12-8-6-9-13-20)21-14-10-7-11-15-21/h6-19,25H,4-5H2,1-3H3,(H,27,28)/t19-/m1/s1. The Morgan fingerprint density at radius 3 is 1.83 bits per heavy atom. The second-order valence-electron chi connectivity index (χ2n) is 7.06. The summed E-state index contributed by atoms with van der Waals surface area (Å²) in [6, 6.07) is 25.4. The molecular weight excluding hydrogens is 374 g/mol. The topological polar surface area (TPSA) is 47.6 Å².